The van der Waals surface area contributed by atoms with Gasteiger partial charge in [-0.3, -0.25) is 0 Å². The number of hydrogen-bond donors (Lipinski definition) is 1. The third-order valence-electron chi connectivity index (χ3n) is 3.36. The van der Waals surface area contributed by atoms with Crippen molar-refractivity contribution in [2.75, 3.05) is 5.73 Å². The van der Waals surface area contributed by atoms with Gasteiger partial charge in [0.1, 0.15) is 0 Å². The Bertz CT molecular complexity index is 795. The summed E-state index contributed by atoms with van der Waals surface area (Å²) in [7, 11) is 0. The number of rotatable bonds is 2. The minimum absolute atomic E-state index is 0.340. The SMILES string of the molecule is Cc1c(Cl)cccc1-c1onc(N)c1-c1ccc(Cl)cc1. The second-order valence-corrected chi connectivity index (χ2v) is 5.53. The number of hydrogen-bond acceptors (Lipinski definition) is 3. The molecule has 0 unspecified atom stereocenters. The van der Waals surface area contributed by atoms with Crippen LogP contribution in [0.25, 0.3) is 22.5 Å². The van der Waals surface area contributed by atoms with Crippen molar-refractivity contribution in [1.29, 1.82) is 0 Å². The van der Waals surface area contributed by atoms with Gasteiger partial charge < -0.3 is 10.3 Å². The van der Waals surface area contributed by atoms with Gasteiger partial charge in [0, 0.05) is 15.6 Å². The van der Waals surface area contributed by atoms with Crippen molar-refractivity contribution in [2.24, 2.45) is 0 Å². The molecule has 106 valence electrons. The van der Waals surface area contributed by atoms with Crippen LogP contribution in [0.2, 0.25) is 10.0 Å². The van der Waals surface area contributed by atoms with Gasteiger partial charge in [0.05, 0.1) is 5.56 Å². The molecule has 2 aromatic carbocycles. The Kier molecular flexibility index (Phi) is 3.62. The van der Waals surface area contributed by atoms with E-state index in [9.17, 15) is 0 Å². The molecule has 3 aromatic rings. The highest BCUT2D eigenvalue weighted by Gasteiger charge is 2.19. The van der Waals surface area contributed by atoms with Gasteiger partial charge in [-0.15, -0.1) is 0 Å². The Morgan fingerprint density at radius 1 is 1.05 bits per heavy atom. The zero-order valence-electron chi connectivity index (χ0n) is 11.2. The van der Waals surface area contributed by atoms with Crippen LogP contribution in [0.3, 0.4) is 0 Å². The third kappa shape index (κ3) is 2.50. The van der Waals surface area contributed by atoms with E-state index >= 15 is 0 Å². The largest absolute Gasteiger partial charge is 0.380 e. The van der Waals surface area contributed by atoms with Crippen LogP contribution in [0.5, 0.6) is 0 Å². The lowest BCUT2D eigenvalue weighted by atomic mass is 9.99. The summed E-state index contributed by atoms with van der Waals surface area (Å²) >= 11 is 12.1. The summed E-state index contributed by atoms with van der Waals surface area (Å²) in [5.41, 5.74) is 9.40. The Hall–Kier alpha value is -1.97. The smallest absolute Gasteiger partial charge is 0.177 e. The lowest BCUT2D eigenvalue weighted by Gasteiger charge is -2.07. The number of benzene rings is 2. The van der Waals surface area contributed by atoms with Crippen molar-refractivity contribution in [1.82, 2.24) is 5.16 Å². The molecule has 3 nitrogen and oxygen atoms in total. The van der Waals surface area contributed by atoms with E-state index < -0.39 is 0 Å². The summed E-state index contributed by atoms with van der Waals surface area (Å²) in [4.78, 5) is 0. The number of aromatic nitrogens is 1. The number of nitrogens with zero attached hydrogens (tertiary/aromatic N) is 1. The molecule has 0 fully saturated rings. The molecule has 0 bridgehead atoms. The molecular formula is C16H12Cl2N2O. The van der Waals surface area contributed by atoms with Crippen LogP contribution in [0, 0.1) is 6.92 Å². The zero-order chi connectivity index (χ0) is 15.0. The average molecular weight is 319 g/mol. The molecule has 21 heavy (non-hydrogen) atoms. The topological polar surface area (TPSA) is 52.0 Å². The fraction of sp³-hybridized carbons (Fsp3) is 0.0625. The van der Waals surface area contributed by atoms with E-state index in [2.05, 4.69) is 5.16 Å². The van der Waals surface area contributed by atoms with Gasteiger partial charge in [0.2, 0.25) is 0 Å². The van der Waals surface area contributed by atoms with Crippen LogP contribution in [0.4, 0.5) is 5.82 Å². The predicted molar refractivity (Wildman–Crippen MR) is 86.5 cm³/mol. The van der Waals surface area contributed by atoms with Crippen LogP contribution >= 0.6 is 23.2 Å². The summed E-state index contributed by atoms with van der Waals surface area (Å²) in [6.45, 7) is 1.93. The molecule has 3 rings (SSSR count). The highest BCUT2D eigenvalue weighted by molar-refractivity contribution is 6.31. The van der Waals surface area contributed by atoms with Gasteiger partial charge >= 0.3 is 0 Å². The van der Waals surface area contributed by atoms with Gasteiger partial charge in [-0.2, -0.15) is 0 Å². The van der Waals surface area contributed by atoms with E-state index in [1.165, 1.54) is 0 Å². The van der Waals surface area contributed by atoms with Gasteiger partial charge in [-0.25, -0.2) is 0 Å². The fourth-order valence-electron chi connectivity index (χ4n) is 2.24. The minimum atomic E-state index is 0.340. The maximum absolute atomic E-state index is 6.18. The molecule has 1 aromatic heterocycles. The van der Waals surface area contributed by atoms with Crippen molar-refractivity contribution in [3.05, 3.63) is 58.1 Å². The van der Waals surface area contributed by atoms with Gasteiger partial charge in [-0.05, 0) is 36.2 Å². The Labute approximate surface area is 132 Å². The lowest BCUT2D eigenvalue weighted by Crippen LogP contribution is -1.90. The summed E-state index contributed by atoms with van der Waals surface area (Å²) in [6, 6.07) is 13.0. The standard InChI is InChI=1S/C16H12Cl2N2O/c1-9-12(3-2-4-13(9)18)15-14(16(19)20-21-15)10-5-7-11(17)8-6-10/h2-8H,1H3,(H2,19,20). The van der Waals surface area contributed by atoms with E-state index in [-0.39, 0.29) is 0 Å². The van der Waals surface area contributed by atoms with E-state index in [1.54, 1.807) is 12.1 Å². The molecule has 0 atom stereocenters. The van der Waals surface area contributed by atoms with E-state index in [4.69, 9.17) is 33.5 Å². The van der Waals surface area contributed by atoms with Crippen LogP contribution in [-0.2, 0) is 0 Å². The summed E-state index contributed by atoms with van der Waals surface area (Å²) in [5, 5.41) is 5.22. The maximum atomic E-state index is 6.18. The Balaban J connectivity index is 2.22. The molecule has 1 heterocycles. The first kappa shape index (κ1) is 14.0. The molecule has 0 amide bonds. The van der Waals surface area contributed by atoms with Crippen molar-refractivity contribution in [3.63, 3.8) is 0 Å². The van der Waals surface area contributed by atoms with Gasteiger partial charge in [-0.1, -0.05) is 52.6 Å². The van der Waals surface area contributed by atoms with Crippen molar-refractivity contribution in [2.45, 2.75) is 6.92 Å². The van der Waals surface area contributed by atoms with Crippen molar-refractivity contribution >= 4 is 29.0 Å². The van der Waals surface area contributed by atoms with Crippen molar-refractivity contribution < 1.29 is 4.52 Å². The van der Waals surface area contributed by atoms with E-state index in [1.807, 2.05) is 37.3 Å². The number of anilines is 1. The molecule has 0 saturated heterocycles. The summed E-state index contributed by atoms with van der Waals surface area (Å²) in [6.07, 6.45) is 0. The Morgan fingerprint density at radius 3 is 2.48 bits per heavy atom. The average Bonchev–Trinajstić information content (AvgIpc) is 2.85. The molecule has 0 saturated carbocycles. The van der Waals surface area contributed by atoms with E-state index in [0.29, 0.717) is 21.6 Å². The second kappa shape index (κ2) is 5.43. The molecule has 0 spiro atoms. The highest BCUT2D eigenvalue weighted by Crippen LogP contribution is 2.39. The van der Waals surface area contributed by atoms with Crippen LogP contribution in [0.15, 0.2) is 47.0 Å². The first-order valence-electron chi connectivity index (χ1n) is 6.34. The molecule has 0 radical (unpaired) electrons. The van der Waals surface area contributed by atoms with E-state index in [0.717, 1.165) is 22.3 Å². The molecule has 2 N–H and O–H groups in total. The monoisotopic (exact) mass is 318 g/mol. The predicted octanol–water partition coefficient (Wildman–Crippen LogP) is 5.21. The van der Waals surface area contributed by atoms with Crippen molar-refractivity contribution in [3.8, 4) is 22.5 Å². The van der Waals surface area contributed by atoms with Gasteiger partial charge in [0.15, 0.2) is 11.6 Å². The van der Waals surface area contributed by atoms with Crippen LogP contribution in [-0.4, -0.2) is 5.16 Å². The molecule has 5 heteroatoms. The lowest BCUT2D eigenvalue weighted by molar-refractivity contribution is 0.436. The Morgan fingerprint density at radius 2 is 1.76 bits per heavy atom. The fourth-order valence-corrected chi connectivity index (χ4v) is 2.54. The first-order chi connectivity index (χ1) is 10.1. The maximum Gasteiger partial charge on any atom is 0.177 e. The summed E-state index contributed by atoms with van der Waals surface area (Å²) in [5.74, 6) is 0.946. The molecular weight excluding hydrogens is 307 g/mol. The first-order valence-corrected chi connectivity index (χ1v) is 7.10. The minimum Gasteiger partial charge on any atom is -0.380 e. The normalized spacial score (nSPS) is 10.8. The second-order valence-electron chi connectivity index (χ2n) is 4.69. The highest BCUT2D eigenvalue weighted by atomic mass is 35.5. The molecule has 0 aliphatic rings. The molecule has 0 aliphatic heterocycles. The third-order valence-corrected chi connectivity index (χ3v) is 4.03. The van der Waals surface area contributed by atoms with Gasteiger partial charge in [0.25, 0.3) is 0 Å². The molecule has 0 aliphatic carbocycles. The number of nitrogens with two attached hydrogens (primary N) is 1. The summed E-state index contributed by atoms with van der Waals surface area (Å²) < 4.78 is 5.44. The zero-order valence-corrected chi connectivity index (χ0v) is 12.7. The number of halogens is 2. The number of nitrogen functional groups attached to an aromatic ring is 1. The van der Waals surface area contributed by atoms with Crippen LogP contribution in [0.1, 0.15) is 5.56 Å². The quantitative estimate of drug-likeness (QED) is 0.706. The van der Waals surface area contributed by atoms with Crippen LogP contribution < -0.4 is 5.73 Å².